The monoisotopic (exact) mass is 422 g/mol. The molecule has 0 saturated carbocycles. The van der Waals surface area contributed by atoms with Crippen LogP contribution in [0.25, 0.3) is 11.1 Å². The van der Waals surface area contributed by atoms with Gasteiger partial charge in [0, 0.05) is 31.5 Å². The molecular weight excluding hydrogens is 396 g/mol. The van der Waals surface area contributed by atoms with Gasteiger partial charge in [-0.15, -0.1) is 0 Å². The molecule has 1 fully saturated rings. The number of carbonyl (C=O) groups excluding carboxylic acids is 2. The van der Waals surface area contributed by atoms with Gasteiger partial charge in [0.25, 0.3) is 0 Å². The zero-order valence-electron chi connectivity index (χ0n) is 17.3. The molecule has 7 nitrogen and oxygen atoms in total. The molecule has 2 aliphatic rings. The maximum absolute atomic E-state index is 12.4. The highest BCUT2D eigenvalue weighted by Crippen LogP contribution is 2.44. The lowest BCUT2D eigenvalue weighted by Gasteiger charge is -2.23. The molecule has 1 heterocycles. The van der Waals surface area contributed by atoms with Crippen molar-refractivity contribution in [2.75, 3.05) is 19.7 Å². The van der Waals surface area contributed by atoms with Crippen LogP contribution in [0.1, 0.15) is 42.7 Å². The first-order valence-corrected chi connectivity index (χ1v) is 10.6. The lowest BCUT2D eigenvalue weighted by Crippen LogP contribution is -2.39. The number of aliphatic carboxylic acids is 1. The standard InChI is InChI=1S/C24H26N2O5/c27-22(26-13-5-6-16(26)14-23(28)29)11-12-25-24(30)31-15-21-19-9-3-1-7-17(19)18-8-2-4-10-20(18)21/h1-4,7-10,16,21H,5-6,11-15H2,(H,25,30)(H,28,29)/t16-/m0/s1. The van der Waals surface area contributed by atoms with E-state index in [2.05, 4.69) is 29.6 Å². The van der Waals surface area contributed by atoms with Gasteiger partial charge in [0.1, 0.15) is 6.61 Å². The van der Waals surface area contributed by atoms with Crippen LogP contribution in [0.2, 0.25) is 0 Å². The molecule has 1 saturated heterocycles. The zero-order chi connectivity index (χ0) is 21.8. The van der Waals surface area contributed by atoms with Crippen molar-refractivity contribution in [2.45, 2.75) is 37.6 Å². The molecule has 2 amide bonds. The first-order chi connectivity index (χ1) is 15.0. The number of benzene rings is 2. The predicted molar refractivity (Wildman–Crippen MR) is 115 cm³/mol. The van der Waals surface area contributed by atoms with Crippen molar-refractivity contribution in [1.29, 1.82) is 0 Å². The van der Waals surface area contributed by atoms with Crippen LogP contribution in [-0.2, 0) is 14.3 Å². The quantitative estimate of drug-likeness (QED) is 0.713. The van der Waals surface area contributed by atoms with E-state index in [4.69, 9.17) is 9.84 Å². The first kappa shape index (κ1) is 20.9. The van der Waals surface area contributed by atoms with E-state index >= 15 is 0 Å². The Hall–Kier alpha value is -3.35. The molecule has 1 aliphatic heterocycles. The van der Waals surface area contributed by atoms with Crippen LogP contribution in [0.3, 0.4) is 0 Å². The Bertz CT molecular complexity index is 944. The van der Waals surface area contributed by atoms with Gasteiger partial charge >= 0.3 is 12.1 Å². The molecule has 2 aromatic carbocycles. The molecular formula is C24H26N2O5. The molecule has 1 aliphatic carbocycles. The van der Waals surface area contributed by atoms with Gasteiger partial charge in [-0.2, -0.15) is 0 Å². The number of likely N-dealkylation sites (tertiary alicyclic amines) is 1. The number of carboxylic acids is 1. The van der Waals surface area contributed by atoms with Gasteiger partial charge in [0.05, 0.1) is 6.42 Å². The third kappa shape index (κ3) is 4.55. The van der Waals surface area contributed by atoms with Crippen LogP contribution in [0.15, 0.2) is 48.5 Å². The molecule has 0 spiro atoms. The minimum atomic E-state index is -0.901. The Balaban J connectivity index is 1.27. The Morgan fingerprint density at radius 2 is 1.68 bits per heavy atom. The maximum Gasteiger partial charge on any atom is 0.407 e. The third-order valence-electron chi connectivity index (χ3n) is 6.06. The van der Waals surface area contributed by atoms with Gasteiger partial charge in [-0.1, -0.05) is 48.5 Å². The van der Waals surface area contributed by atoms with Gasteiger partial charge < -0.3 is 20.1 Å². The van der Waals surface area contributed by atoms with Crippen LogP contribution in [0.4, 0.5) is 4.79 Å². The van der Waals surface area contributed by atoms with Crippen molar-refractivity contribution >= 4 is 18.0 Å². The number of nitrogens with zero attached hydrogens (tertiary/aromatic N) is 1. The van der Waals surface area contributed by atoms with Crippen molar-refractivity contribution in [3.05, 3.63) is 59.7 Å². The van der Waals surface area contributed by atoms with Crippen molar-refractivity contribution in [2.24, 2.45) is 0 Å². The summed E-state index contributed by atoms with van der Waals surface area (Å²) < 4.78 is 5.47. The average molecular weight is 422 g/mol. The molecule has 162 valence electrons. The number of rotatable bonds is 7. The molecule has 0 aromatic heterocycles. The summed E-state index contributed by atoms with van der Waals surface area (Å²) in [4.78, 5) is 37.2. The number of hydrogen-bond acceptors (Lipinski definition) is 4. The molecule has 2 aromatic rings. The summed E-state index contributed by atoms with van der Waals surface area (Å²) in [6.45, 7) is 0.953. The van der Waals surface area contributed by atoms with E-state index in [-0.39, 0.29) is 43.9 Å². The fourth-order valence-electron chi connectivity index (χ4n) is 4.64. The number of alkyl carbamates (subject to hydrolysis) is 1. The topological polar surface area (TPSA) is 95.9 Å². The molecule has 1 atom stereocenters. The summed E-state index contributed by atoms with van der Waals surface area (Å²) >= 11 is 0. The SMILES string of the molecule is O=C(O)C[C@@H]1CCCN1C(=O)CCNC(=O)OCC1c2ccccc2-c2ccccc21. The normalized spacial score (nSPS) is 17.2. The average Bonchev–Trinajstić information content (AvgIpc) is 3.34. The molecule has 7 heteroatoms. The number of fused-ring (bicyclic) bond motifs is 3. The van der Waals surface area contributed by atoms with E-state index in [0.717, 1.165) is 17.5 Å². The van der Waals surface area contributed by atoms with Gasteiger partial charge in [-0.3, -0.25) is 9.59 Å². The van der Waals surface area contributed by atoms with Gasteiger partial charge in [0.15, 0.2) is 0 Å². The first-order valence-electron chi connectivity index (χ1n) is 10.6. The van der Waals surface area contributed by atoms with Crippen molar-refractivity contribution in [3.63, 3.8) is 0 Å². The fourth-order valence-corrected chi connectivity index (χ4v) is 4.64. The Labute approximate surface area is 181 Å². The molecule has 0 bridgehead atoms. The largest absolute Gasteiger partial charge is 0.481 e. The molecule has 2 N–H and O–H groups in total. The van der Waals surface area contributed by atoms with Crippen LogP contribution in [0, 0.1) is 0 Å². The summed E-state index contributed by atoms with van der Waals surface area (Å²) in [6.07, 6.45) is 1.05. The molecule has 31 heavy (non-hydrogen) atoms. The zero-order valence-corrected chi connectivity index (χ0v) is 17.3. The third-order valence-corrected chi connectivity index (χ3v) is 6.06. The lowest BCUT2D eigenvalue weighted by molar-refractivity contribution is -0.139. The van der Waals surface area contributed by atoms with Crippen molar-refractivity contribution in [3.8, 4) is 11.1 Å². The van der Waals surface area contributed by atoms with Crippen LogP contribution >= 0.6 is 0 Å². The number of hydrogen-bond donors (Lipinski definition) is 2. The van der Waals surface area contributed by atoms with Crippen LogP contribution in [0.5, 0.6) is 0 Å². The number of amides is 2. The Morgan fingerprint density at radius 3 is 2.32 bits per heavy atom. The van der Waals surface area contributed by atoms with E-state index in [1.54, 1.807) is 4.90 Å². The Kier molecular flexibility index (Phi) is 6.21. The molecule has 4 rings (SSSR count). The lowest BCUT2D eigenvalue weighted by atomic mass is 9.98. The number of nitrogens with one attached hydrogen (secondary N) is 1. The van der Waals surface area contributed by atoms with Gasteiger partial charge in [0.2, 0.25) is 5.91 Å². The second-order valence-electron chi connectivity index (χ2n) is 7.98. The van der Waals surface area contributed by atoms with E-state index in [1.807, 2.05) is 24.3 Å². The summed E-state index contributed by atoms with van der Waals surface area (Å²) in [5, 5.41) is 11.6. The summed E-state index contributed by atoms with van der Waals surface area (Å²) in [6, 6.07) is 16.0. The second-order valence-corrected chi connectivity index (χ2v) is 7.98. The summed E-state index contributed by atoms with van der Waals surface area (Å²) in [5.41, 5.74) is 4.62. The number of ether oxygens (including phenoxy) is 1. The summed E-state index contributed by atoms with van der Waals surface area (Å²) in [7, 11) is 0. The molecule has 0 unspecified atom stereocenters. The van der Waals surface area contributed by atoms with Gasteiger partial charge in [-0.05, 0) is 35.1 Å². The summed E-state index contributed by atoms with van der Waals surface area (Å²) in [5.74, 6) is -1.05. The van der Waals surface area contributed by atoms with E-state index in [9.17, 15) is 14.4 Å². The second kappa shape index (κ2) is 9.20. The van der Waals surface area contributed by atoms with E-state index < -0.39 is 12.1 Å². The van der Waals surface area contributed by atoms with Crippen molar-refractivity contribution in [1.82, 2.24) is 10.2 Å². The highest BCUT2D eigenvalue weighted by molar-refractivity contribution is 5.80. The van der Waals surface area contributed by atoms with E-state index in [1.165, 1.54) is 11.1 Å². The van der Waals surface area contributed by atoms with Crippen LogP contribution < -0.4 is 5.32 Å². The fraction of sp³-hybridized carbons (Fsp3) is 0.375. The predicted octanol–water partition coefficient (Wildman–Crippen LogP) is 3.38. The van der Waals surface area contributed by atoms with Crippen LogP contribution in [-0.4, -0.2) is 53.7 Å². The van der Waals surface area contributed by atoms with E-state index in [0.29, 0.717) is 13.0 Å². The smallest absolute Gasteiger partial charge is 0.407 e. The maximum atomic E-state index is 12.4. The minimum absolute atomic E-state index is 0.0128. The minimum Gasteiger partial charge on any atom is -0.481 e. The highest BCUT2D eigenvalue weighted by atomic mass is 16.5. The highest BCUT2D eigenvalue weighted by Gasteiger charge is 2.31. The van der Waals surface area contributed by atoms with Gasteiger partial charge in [-0.25, -0.2) is 4.79 Å². The number of carboxylic acid groups (broad SMARTS) is 1. The number of carbonyl (C=O) groups is 3. The molecule has 0 radical (unpaired) electrons. The van der Waals surface area contributed by atoms with Crippen molar-refractivity contribution < 1.29 is 24.2 Å². The Morgan fingerprint density at radius 1 is 1.03 bits per heavy atom.